The fourth-order valence-corrected chi connectivity index (χ4v) is 4.92. The Kier molecular flexibility index (Phi) is 7.42. The maximum absolute atomic E-state index is 12.9. The van der Waals surface area contributed by atoms with Crippen LogP contribution < -0.4 is 5.32 Å². The van der Waals surface area contributed by atoms with Gasteiger partial charge < -0.3 is 19.5 Å². The molecular formula is C19H28N2O6S. The Morgan fingerprint density at radius 2 is 2.07 bits per heavy atom. The van der Waals surface area contributed by atoms with Gasteiger partial charge in [0.2, 0.25) is 15.9 Å². The van der Waals surface area contributed by atoms with Gasteiger partial charge in [-0.3, -0.25) is 4.79 Å². The summed E-state index contributed by atoms with van der Waals surface area (Å²) in [6.45, 7) is 4.77. The third kappa shape index (κ3) is 5.51. The standard InChI is InChI=1S/C19H28N2O6S/c1-15-4-5-16(13-18(15)28(23,24)21-7-11-25-12-8-21)20-19(22)6-10-26-14-17-3-2-9-27-17/h4-5,13,17H,2-3,6-12,14H2,1H3,(H,20,22). The van der Waals surface area contributed by atoms with Gasteiger partial charge in [-0.2, -0.15) is 4.31 Å². The normalized spacial score (nSPS) is 21.0. The van der Waals surface area contributed by atoms with Crippen molar-refractivity contribution < 1.29 is 27.4 Å². The minimum atomic E-state index is -3.62. The number of morpholine rings is 1. The third-order valence-electron chi connectivity index (χ3n) is 4.86. The Hall–Kier alpha value is -1.52. The summed E-state index contributed by atoms with van der Waals surface area (Å²) in [5, 5.41) is 2.76. The van der Waals surface area contributed by atoms with Crippen molar-refractivity contribution in [2.75, 3.05) is 51.4 Å². The lowest BCUT2D eigenvalue weighted by Crippen LogP contribution is -2.40. The summed E-state index contributed by atoms with van der Waals surface area (Å²) in [5.74, 6) is -0.217. The van der Waals surface area contributed by atoms with E-state index in [0.717, 1.165) is 19.4 Å². The molecule has 0 radical (unpaired) electrons. The SMILES string of the molecule is Cc1ccc(NC(=O)CCOCC2CCCO2)cc1S(=O)(=O)N1CCOCC1. The molecular weight excluding hydrogens is 384 g/mol. The summed E-state index contributed by atoms with van der Waals surface area (Å²) in [4.78, 5) is 12.4. The van der Waals surface area contributed by atoms with E-state index < -0.39 is 10.0 Å². The third-order valence-corrected chi connectivity index (χ3v) is 6.90. The fraction of sp³-hybridized carbons (Fsp3) is 0.632. The fourth-order valence-electron chi connectivity index (χ4n) is 3.26. The molecule has 1 amide bonds. The van der Waals surface area contributed by atoms with Crippen molar-refractivity contribution in [1.29, 1.82) is 0 Å². The van der Waals surface area contributed by atoms with Crippen molar-refractivity contribution >= 4 is 21.6 Å². The van der Waals surface area contributed by atoms with Crippen LogP contribution >= 0.6 is 0 Å². The molecule has 1 N–H and O–H groups in total. The number of amides is 1. The Morgan fingerprint density at radius 3 is 2.79 bits per heavy atom. The second kappa shape index (κ2) is 9.80. The number of ether oxygens (including phenoxy) is 3. The Bertz CT molecular complexity index is 771. The van der Waals surface area contributed by atoms with Crippen LogP contribution in [0.1, 0.15) is 24.8 Å². The van der Waals surface area contributed by atoms with Gasteiger partial charge >= 0.3 is 0 Å². The summed E-state index contributed by atoms with van der Waals surface area (Å²) in [5.41, 5.74) is 1.10. The summed E-state index contributed by atoms with van der Waals surface area (Å²) in [6, 6.07) is 4.93. The number of carbonyl (C=O) groups excluding carboxylic acids is 1. The van der Waals surface area contributed by atoms with E-state index in [9.17, 15) is 13.2 Å². The molecule has 1 atom stereocenters. The predicted octanol–water partition coefficient (Wildman–Crippen LogP) is 1.54. The van der Waals surface area contributed by atoms with Crippen molar-refractivity contribution in [3.8, 4) is 0 Å². The maximum atomic E-state index is 12.9. The van der Waals surface area contributed by atoms with Crippen LogP contribution in [-0.4, -0.2) is 70.9 Å². The van der Waals surface area contributed by atoms with Crippen LogP contribution in [0.15, 0.2) is 23.1 Å². The first-order valence-corrected chi connectivity index (χ1v) is 11.1. The topological polar surface area (TPSA) is 94.2 Å². The summed E-state index contributed by atoms with van der Waals surface area (Å²) >= 11 is 0. The minimum absolute atomic E-state index is 0.133. The maximum Gasteiger partial charge on any atom is 0.243 e. The van der Waals surface area contributed by atoms with Gasteiger partial charge in [-0.15, -0.1) is 0 Å². The Labute approximate surface area is 166 Å². The molecule has 2 saturated heterocycles. The van der Waals surface area contributed by atoms with Crippen molar-refractivity contribution in [3.63, 3.8) is 0 Å². The molecule has 156 valence electrons. The number of benzene rings is 1. The van der Waals surface area contributed by atoms with Crippen molar-refractivity contribution in [2.45, 2.75) is 37.2 Å². The van der Waals surface area contributed by atoms with Crippen LogP contribution in [0.25, 0.3) is 0 Å². The molecule has 0 aliphatic carbocycles. The predicted molar refractivity (Wildman–Crippen MR) is 104 cm³/mol. The lowest BCUT2D eigenvalue weighted by Gasteiger charge is -2.26. The molecule has 2 fully saturated rings. The van der Waals surface area contributed by atoms with E-state index in [0.29, 0.717) is 50.8 Å². The monoisotopic (exact) mass is 412 g/mol. The van der Waals surface area contributed by atoms with E-state index >= 15 is 0 Å². The average Bonchev–Trinajstić information content (AvgIpc) is 3.21. The lowest BCUT2D eigenvalue weighted by molar-refractivity contribution is -0.117. The number of rotatable bonds is 8. The second-order valence-corrected chi connectivity index (χ2v) is 8.91. The average molecular weight is 413 g/mol. The lowest BCUT2D eigenvalue weighted by atomic mass is 10.2. The second-order valence-electron chi connectivity index (χ2n) is 7.00. The van der Waals surface area contributed by atoms with Crippen LogP contribution in [-0.2, 0) is 29.0 Å². The highest BCUT2D eigenvalue weighted by Crippen LogP contribution is 2.24. The van der Waals surface area contributed by atoms with Crippen molar-refractivity contribution in [1.82, 2.24) is 4.31 Å². The van der Waals surface area contributed by atoms with E-state index in [1.54, 1.807) is 19.1 Å². The number of hydrogen-bond donors (Lipinski definition) is 1. The molecule has 3 rings (SSSR count). The first-order chi connectivity index (χ1) is 13.5. The molecule has 8 nitrogen and oxygen atoms in total. The van der Waals surface area contributed by atoms with Gasteiger partial charge in [0.1, 0.15) is 0 Å². The highest BCUT2D eigenvalue weighted by molar-refractivity contribution is 7.89. The number of sulfonamides is 1. The van der Waals surface area contributed by atoms with Gasteiger partial charge in [0.05, 0.1) is 43.8 Å². The number of hydrogen-bond acceptors (Lipinski definition) is 6. The highest BCUT2D eigenvalue weighted by atomic mass is 32.2. The zero-order valence-electron chi connectivity index (χ0n) is 16.2. The molecule has 9 heteroatoms. The zero-order valence-corrected chi connectivity index (χ0v) is 17.0. The van der Waals surface area contributed by atoms with Gasteiger partial charge in [0.15, 0.2) is 0 Å². The number of anilines is 1. The summed E-state index contributed by atoms with van der Waals surface area (Å²) < 4.78 is 43.4. The molecule has 1 aromatic carbocycles. The molecule has 1 aromatic rings. The summed E-state index contributed by atoms with van der Waals surface area (Å²) in [6.07, 6.45) is 2.38. The van der Waals surface area contributed by atoms with E-state index in [4.69, 9.17) is 14.2 Å². The number of nitrogens with one attached hydrogen (secondary N) is 1. The Morgan fingerprint density at radius 1 is 1.29 bits per heavy atom. The minimum Gasteiger partial charge on any atom is -0.379 e. The van der Waals surface area contributed by atoms with Crippen LogP contribution in [0.5, 0.6) is 0 Å². The number of nitrogens with zero attached hydrogens (tertiary/aromatic N) is 1. The van der Waals surface area contributed by atoms with E-state index in [1.807, 2.05) is 0 Å². The molecule has 2 aliphatic rings. The highest BCUT2D eigenvalue weighted by Gasteiger charge is 2.28. The first-order valence-electron chi connectivity index (χ1n) is 9.64. The molecule has 28 heavy (non-hydrogen) atoms. The van der Waals surface area contributed by atoms with E-state index in [2.05, 4.69) is 5.32 Å². The first kappa shape index (κ1) is 21.2. The van der Waals surface area contributed by atoms with Gasteiger partial charge in [-0.05, 0) is 37.5 Å². The molecule has 2 heterocycles. The molecule has 2 aliphatic heterocycles. The molecule has 0 bridgehead atoms. The largest absolute Gasteiger partial charge is 0.379 e. The van der Waals surface area contributed by atoms with Crippen LogP contribution in [0.3, 0.4) is 0 Å². The van der Waals surface area contributed by atoms with Crippen molar-refractivity contribution in [2.24, 2.45) is 0 Å². The van der Waals surface area contributed by atoms with Gasteiger partial charge in [-0.25, -0.2) is 8.42 Å². The summed E-state index contributed by atoms with van der Waals surface area (Å²) in [7, 11) is -3.62. The molecule has 0 spiro atoms. The van der Waals surface area contributed by atoms with Crippen LogP contribution in [0.2, 0.25) is 0 Å². The van der Waals surface area contributed by atoms with Gasteiger partial charge in [0.25, 0.3) is 0 Å². The molecule has 0 aromatic heterocycles. The van der Waals surface area contributed by atoms with Gasteiger partial charge in [-0.1, -0.05) is 6.07 Å². The smallest absolute Gasteiger partial charge is 0.243 e. The van der Waals surface area contributed by atoms with E-state index in [-0.39, 0.29) is 23.3 Å². The van der Waals surface area contributed by atoms with Crippen LogP contribution in [0.4, 0.5) is 5.69 Å². The van der Waals surface area contributed by atoms with Crippen LogP contribution in [0, 0.1) is 6.92 Å². The number of carbonyl (C=O) groups is 1. The zero-order chi connectivity index (χ0) is 20.0. The van der Waals surface area contributed by atoms with Crippen molar-refractivity contribution in [3.05, 3.63) is 23.8 Å². The quantitative estimate of drug-likeness (QED) is 0.651. The molecule has 0 saturated carbocycles. The Balaban J connectivity index is 1.55. The van der Waals surface area contributed by atoms with E-state index in [1.165, 1.54) is 10.4 Å². The van der Waals surface area contributed by atoms with Gasteiger partial charge in [0, 0.05) is 25.4 Å². The molecule has 1 unspecified atom stereocenters. The number of aryl methyl sites for hydroxylation is 1.